The SMILES string of the molecule is CC(C)c1ccc(OCCN(C)C(=O)CCCl)cc1. The predicted octanol–water partition coefficient (Wildman–Crippen LogP) is 3.28. The lowest BCUT2D eigenvalue weighted by atomic mass is 10.0. The first-order valence-electron chi connectivity index (χ1n) is 6.57. The zero-order chi connectivity index (χ0) is 14.3. The van der Waals surface area contributed by atoms with Crippen molar-refractivity contribution in [3.05, 3.63) is 29.8 Å². The summed E-state index contributed by atoms with van der Waals surface area (Å²) >= 11 is 5.53. The molecule has 0 aliphatic heterocycles. The van der Waals surface area contributed by atoms with E-state index in [1.54, 1.807) is 11.9 Å². The van der Waals surface area contributed by atoms with E-state index in [1.165, 1.54) is 5.56 Å². The maximum atomic E-state index is 11.5. The number of amides is 1. The van der Waals surface area contributed by atoms with Crippen LogP contribution in [-0.4, -0.2) is 36.9 Å². The smallest absolute Gasteiger partial charge is 0.223 e. The average Bonchev–Trinajstić information content (AvgIpc) is 2.39. The third kappa shape index (κ3) is 5.52. The van der Waals surface area contributed by atoms with E-state index >= 15 is 0 Å². The van der Waals surface area contributed by atoms with Crippen LogP contribution in [0.1, 0.15) is 31.7 Å². The zero-order valence-electron chi connectivity index (χ0n) is 11.9. The summed E-state index contributed by atoms with van der Waals surface area (Å²) in [5.41, 5.74) is 1.29. The van der Waals surface area contributed by atoms with Gasteiger partial charge in [-0.2, -0.15) is 0 Å². The van der Waals surface area contributed by atoms with Gasteiger partial charge in [-0.15, -0.1) is 11.6 Å². The summed E-state index contributed by atoms with van der Waals surface area (Å²) in [6.07, 6.45) is 0.376. The van der Waals surface area contributed by atoms with Crippen LogP contribution in [-0.2, 0) is 4.79 Å². The van der Waals surface area contributed by atoms with Crippen LogP contribution in [0.3, 0.4) is 0 Å². The van der Waals surface area contributed by atoms with E-state index in [1.807, 2.05) is 12.1 Å². The first-order chi connectivity index (χ1) is 9.04. The van der Waals surface area contributed by atoms with Crippen molar-refractivity contribution in [2.45, 2.75) is 26.2 Å². The molecule has 0 N–H and O–H groups in total. The monoisotopic (exact) mass is 283 g/mol. The van der Waals surface area contributed by atoms with Gasteiger partial charge >= 0.3 is 0 Å². The highest BCUT2D eigenvalue weighted by atomic mass is 35.5. The summed E-state index contributed by atoms with van der Waals surface area (Å²) in [5, 5.41) is 0. The van der Waals surface area contributed by atoms with Gasteiger partial charge in [-0.1, -0.05) is 26.0 Å². The fourth-order valence-corrected chi connectivity index (χ4v) is 1.81. The van der Waals surface area contributed by atoms with Gasteiger partial charge in [-0.05, 0) is 23.6 Å². The van der Waals surface area contributed by atoms with Crippen molar-refractivity contribution in [2.75, 3.05) is 26.1 Å². The Balaban J connectivity index is 2.35. The second kappa shape index (κ2) is 8.05. The Kier molecular flexibility index (Phi) is 6.71. The lowest BCUT2D eigenvalue weighted by Crippen LogP contribution is -2.30. The number of nitrogens with zero attached hydrogens (tertiary/aromatic N) is 1. The highest BCUT2D eigenvalue weighted by molar-refractivity contribution is 6.18. The number of ether oxygens (including phenoxy) is 1. The molecule has 1 aromatic rings. The van der Waals surface area contributed by atoms with Gasteiger partial charge in [0.25, 0.3) is 0 Å². The molecule has 0 atom stereocenters. The molecule has 4 heteroatoms. The van der Waals surface area contributed by atoms with Gasteiger partial charge in [0.15, 0.2) is 0 Å². The fraction of sp³-hybridized carbons (Fsp3) is 0.533. The number of hydrogen-bond donors (Lipinski definition) is 0. The molecule has 1 amide bonds. The van der Waals surface area contributed by atoms with Crippen LogP contribution in [0.4, 0.5) is 0 Å². The maximum Gasteiger partial charge on any atom is 0.223 e. The Morgan fingerprint density at radius 2 is 1.95 bits per heavy atom. The molecule has 0 aliphatic carbocycles. The van der Waals surface area contributed by atoms with Crippen LogP contribution in [0.5, 0.6) is 5.75 Å². The molecule has 0 saturated heterocycles. The quantitative estimate of drug-likeness (QED) is 0.719. The van der Waals surface area contributed by atoms with Gasteiger partial charge in [-0.3, -0.25) is 4.79 Å². The minimum Gasteiger partial charge on any atom is -0.492 e. The third-order valence-corrected chi connectivity index (χ3v) is 3.17. The van der Waals surface area contributed by atoms with Crippen molar-refractivity contribution in [3.8, 4) is 5.75 Å². The molecule has 106 valence electrons. The molecule has 0 fully saturated rings. The fourth-order valence-electron chi connectivity index (χ4n) is 1.65. The molecule has 0 saturated carbocycles. The number of likely N-dealkylation sites (N-methyl/N-ethyl adjacent to an activating group) is 1. The standard InChI is InChI=1S/C15H22ClNO2/c1-12(2)13-4-6-14(7-5-13)19-11-10-17(3)15(18)8-9-16/h4-7,12H,8-11H2,1-3H3. The van der Waals surface area contributed by atoms with Crippen molar-refractivity contribution in [2.24, 2.45) is 0 Å². The first kappa shape index (κ1) is 15.8. The Hall–Kier alpha value is -1.22. The highest BCUT2D eigenvalue weighted by Gasteiger charge is 2.07. The number of hydrogen-bond acceptors (Lipinski definition) is 2. The van der Waals surface area contributed by atoms with Crippen LogP contribution in [0.25, 0.3) is 0 Å². The molecule has 1 aromatic carbocycles. The number of alkyl halides is 1. The van der Waals surface area contributed by atoms with Gasteiger partial charge < -0.3 is 9.64 Å². The summed E-state index contributed by atoms with van der Waals surface area (Å²) < 4.78 is 5.61. The largest absolute Gasteiger partial charge is 0.492 e. The molecule has 0 spiro atoms. The van der Waals surface area contributed by atoms with Crippen molar-refractivity contribution in [1.29, 1.82) is 0 Å². The molecule has 0 heterocycles. The van der Waals surface area contributed by atoms with E-state index in [0.29, 0.717) is 31.4 Å². The van der Waals surface area contributed by atoms with Crippen LogP contribution >= 0.6 is 11.6 Å². The van der Waals surface area contributed by atoms with Crippen molar-refractivity contribution in [3.63, 3.8) is 0 Å². The predicted molar refractivity (Wildman–Crippen MR) is 79.0 cm³/mol. The molecule has 0 aliphatic rings. The average molecular weight is 284 g/mol. The van der Waals surface area contributed by atoms with E-state index < -0.39 is 0 Å². The summed E-state index contributed by atoms with van der Waals surface area (Å²) in [6, 6.07) is 8.08. The summed E-state index contributed by atoms with van der Waals surface area (Å²) in [4.78, 5) is 13.1. The molecule has 0 radical (unpaired) electrons. The Bertz CT molecular complexity index is 390. The van der Waals surface area contributed by atoms with E-state index in [2.05, 4.69) is 26.0 Å². The normalized spacial score (nSPS) is 10.6. The minimum absolute atomic E-state index is 0.0498. The summed E-state index contributed by atoms with van der Waals surface area (Å²) in [7, 11) is 1.76. The van der Waals surface area contributed by atoms with Crippen LogP contribution in [0.2, 0.25) is 0 Å². The molecular weight excluding hydrogens is 262 g/mol. The van der Waals surface area contributed by atoms with Gasteiger partial charge in [0.2, 0.25) is 5.91 Å². The number of halogens is 1. The van der Waals surface area contributed by atoms with Crippen LogP contribution in [0.15, 0.2) is 24.3 Å². The topological polar surface area (TPSA) is 29.5 Å². The van der Waals surface area contributed by atoms with E-state index in [0.717, 1.165) is 5.75 Å². The zero-order valence-corrected chi connectivity index (χ0v) is 12.6. The lowest BCUT2D eigenvalue weighted by Gasteiger charge is -2.17. The van der Waals surface area contributed by atoms with E-state index in [-0.39, 0.29) is 5.91 Å². The first-order valence-corrected chi connectivity index (χ1v) is 7.10. The highest BCUT2D eigenvalue weighted by Crippen LogP contribution is 2.18. The summed E-state index contributed by atoms with van der Waals surface area (Å²) in [5.74, 6) is 1.77. The molecule has 19 heavy (non-hydrogen) atoms. The van der Waals surface area contributed by atoms with E-state index in [4.69, 9.17) is 16.3 Å². The lowest BCUT2D eigenvalue weighted by molar-refractivity contribution is -0.129. The van der Waals surface area contributed by atoms with Crippen LogP contribution in [0, 0.1) is 0 Å². The van der Waals surface area contributed by atoms with Gasteiger partial charge in [0, 0.05) is 19.3 Å². The van der Waals surface area contributed by atoms with Crippen molar-refractivity contribution >= 4 is 17.5 Å². The maximum absolute atomic E-state index is 11.5. The van der Waals surface area contributed by atoms with E-state index in [9.17, 15) is 4.79 Å². The Morgan fingerprint density at radius 1 is 1.32 bits per heavy atom. The number of carbonyl (C=O) groups is 1. The Labute approximate surface area is 120 Å². The third-order valence-electron chi connectivity index (χ3n) is 2.98. The Morgan fingerprint density at radius 3 is 2.47 bits per heavy atom. The number of benzene rings is 1. The minimum atomic E-state index is 0.0498. The van der Waals surface area contributed by atoms with Crippen molar-refractivity contribution < 1.29 is 9.53 Å². The van der Waals surface area contributed by atoms with Crippen molar-refractivity contribution in [1.82, 2.24) is 4.90 Å². The number of carbonyl (C=O) groups excluding carboxylic acids is 1. The van der Waals surface area contributed by atoms with Crippen LogP contribution < -0.4 is 4.74 Å². The second-order valence-corrected chi connectivity index (χ2v) is 5.20. The summed E-state index contributed by atoms with van der Waals surface area (Å²) in [6.45, 7) is 5.38. The number of rotatable bonds is 7. The molecule has 0 aromatic heterocycles. The van der Waals surface area contributed by atoms with Gasteiger partial charge in [0.1, 0.15) is 12.4 Å². The molecule has 0 unspecified atom stereocenters. The molecular formula is C15H22ClNO2. The van der Waals surface area contributed by atoms with Gasteiger partial charge in [-0.25, -0.2) is 0 Å². The second-order valence-electron chi connectivity index (χ2n) is 4.83. The molecule has 3 nitrogen and oxygen atoms in total. The van der Waals surface area contributed by atoms with Gasteiger partial charge in [0.05, 0.1) is 6.54 Å². The molecule has 0 bridgehead atoms. The molecule has 1 rings (SSSR count).